The van der Waals surface area contributed by atoms with E-state index >= 15 is 0 Å². The lowest BCUT2D eigenvalue weighted by Crippen LogP contribution is -2.25. The van der Waals surface area contributed by atoms with E-state index < -0.39 is 0 Å². The molecule has 1 atom stereocenters. The number of nitrogens with one attached hydrogen (secondary N) is 1. The van der Waals surface area contributed by atoms with Crippen molar-refractivity contribution in [3.8, 4) is 0 Å². The highest BCUT2D eigenvalue weighted by Crippen LogP contribution is 2.28. The molecule has 110 valence electrons. The van der Waals surface area contributed by atoms with Gasteiger partial charge < -0.3 is 5.32 Å². The Bertz CT molecular complexity index is 437. The minimum absolute atomic E-state index is 0.313. The topological polar surface area (TPSA) is 24.9 Å². The van der Waals surface area contributed by atoms with Gasteiger partial charge in [0.25, 0.3) is 0 Å². The largest absolute Gasteiger partial charge is 0.305 e. The monoisotopic (exact) mass is 272 g/mol. The molecule has 2 rings (SSSR count). The van der Waals surface area contributed by atoms with Crippen molar-refractivity contribution < 1.29 is 0 Å². The third-order valence-corrected chi connectivity index (χ3v) is 4.03. The van der Waals surface area contributed by atoms with Crippen LogP contribution in [-0.4, -0.2) is 11.5 Å². The zero-order valence-corrected chi connectivity index (χ0v) is 13.0. The second kappa shape index (κ2) is 8.21. The minimum Gasteiger partial charge on any atom is -0.305 e. The summed E-state index contributed by atoms with van der Waals surface area (Å²) in [6, 6.07) is 4.62. The van der Waals surface area contributed by atoms with Gasteiger partial charge in [-0.1, -0.05) is 31.4 Å². The van der Waals surface area contributed by atoms with E-state index in [2.05, 4.69) is 42.4 Å². The van der Waals surface area contributed by atoms with Crippen molar-refractivity contribution in [1.82, 2.24) is 10.3 Å². The van der Waals surface area contributed by atoms with Gasteiger partial charge >= 0.3 is 0 Å². The Morgan fingerprint density at radius 2 is 2.10 bits per heavy atom. The summed E-state index contributed by atoms with van der Waals surface area (Å²) in [6.45, 7) is 5.42. The van der Waals surface area contributed by atoms with Gasteiger partial charge in [-0.2, -0.15) is 0 Å². The molecule has 0 spiro atoms. The molecule has 0 saturated carbocycles. The van der Waals surface area contributed by atoms with Crippen molar-refractivity contribution in [2.75, 3.05) is 6.54 Å². The third-order valence-electron chi connectivity index (χ3n) is 4.03. The predicted molar refractivity (Wildman–Crippen MR) is 85.8 cm³/mol. The van der Waals surface area contributed by atoms with E-state index in [0.717, 1.165) is 13.0 Å². The van der Waals surface area contributed by atoms with Crippen molar-refractivity contribution in [2.45, 2.75) is 64.8 Å². The molecule has 0 aromatic carbocycles. The summed E-state index contributed by atoms with van der Waals surface area (Å²) in [7, 11) is 0. The molecule has 1 unspecified atom stereocenters. The summed E-state index contributed by atoms with van der Waals surface area (Å²) >= 11 is 0. The van der Waals surface area contributed by atoms with Crippen LogP contribution in [0.15, 0.2) is 30.0 Å². The van der Waals surface area contributed by atoms with Crippen LogP contribution in [0.5, 0.6) is 0 Å². The quantitative estimate of drug-likeness (QED) is 0.785. The first kappa shape index (κ1) is 15.2. The van der Waals surface area contributed by atoms with Crippen molar-refractivity contribution in [3.63, 3.8) is 0 Å². The lowest BCUT2D eigenvalue weighted by molar-refractivity contribution is 0.532. The van der Waals surface area contributed by atoms with Crippen LogP contribution in [0.25, 0.3) is 0 Å². The molecule has 2 heteroatoms. The van der Waals surface area contributed by atoms with Crippen molar-refractivity contribution >= 4 is 0 Å². The van der Waals surface area contributed by atoms with Gasteiger partial charge in [-0.15, -0.1) is 0 Å². The van der Waals surface area contributed by atoms with Gasteiger partial charge in [0, 0.05) is 6.20 Å². The Labute approximate surface area is 123 Å². The maximum atomic E-state index is 4.62. The van der Waals surface area contributed by atoms with E-state index in [1.54, 1.807) is 5.57 Å². The molecule has 1 heterocycles. The second-order valence-electron chi connectivity index (χ2n) is 5.88. The lowest BCUT2D eigenvalue weighted by Gasteiger charge is -2.23. The van der Waals surface area contributed by atoms with Gasteiger partial charge in [0.2, 0.25) is 0 Å². The second-order valence-corrected chi connectivity index (χ2v) is 5.88. The summed E-state index contributed by atoms with van der Waals surface area (Å²) in [6.07, 6.45) is 13.4. The molecule has 1 aliphatic rings. The van der Waals surface area contributed by atoms with E-state index in [1.165, 1.54) is 49.8 Å². The number of aromatic nitrogens is 1. The average molecular weight is 272 g/mol. The van der Waals surface area contributed by atoms with E-state index in [0.29, 0.717) is 6.04 Å². The maximum absolute atomic E-state index is 4.62. The van der Waals surface area contributed by atoms with Crippen molar-refractivity contribution in [3.05, 3.63) is 41.2 Å². The third kappa shape index (κ3) is 4.45. The molecule has 1 aromatic rings. The van der Waals surface area contributed by atoms with Crippen molar-refractivity contribution in [2.24, 2.45) is 0 Å². The summed E-state index contributed by atoms with van der Waals surface area (Å²) in [5, 5.41) is 3.70. The molecule has 0 bridgehead atoms. The zero-order chi connectivity index (χ0) is 14.2. The van der Waals surface area contributed by atoms with E-state index in [-0.39, 0.29) is 0 Å². The molecule has 1 N–H and O–H groups in total. The van der Waals surface area contributed by atoms with Crippen LogP contribution in [0.1, 0.15) is 69.2 Å². The lowest BCUT2D eigenvalue weighted by atomic mass is 9.92. The molecule has 1 aliphatic carbocycles. The molecule has 0 amide bonds. The number of aryl methyl sites for hydroxylation is 1. The molecule has 0 fully saturated rings. The minimum atomic E-state index is 0.313. The van der Waals surface area contributed by atoms with Gasteiger partial charge in [-0.05, 0) is 63.3 Å². The number of nitrogens with zero attached hydrogens (tertiary/aromatic N) is 1. The molecule has 20 heavy (non-hydrogen) atoms. The number of allylic oxidation sites excluding steroid dienone is 1. The smallest absolute Gasteiger partial charge is 0.0710 e. The number of pyridine rings is 1. The van der Waals surface area contributed by atoms with Crippen molar-refractivity contribution in [1.29, 1.82) is 0 Å². The first-order valence-electron chi connectivity index (χ1n) is 8.16. The highest BCUT2D eigenvalue weighted by molar-refractivity contribution is 5.26. The Morgan fingerprint density at radius 1 is 1.25 bits per heavy atom. The normalized spacial score (nSPS) is 20.6. The Hall–Kier alpha value is -1.15. The first-order valence-corrected chi connectivity index (χ1v) is 8.16. The summed E-state index contributed by atoms with van der Waals surface area (Å²) in [5.41, 5.74) is 4.03. The van der Waals surface area contributed by atoms with Crippen LogP contribution in [0.4, 0.5) is 0 Å². The average Bonchev–Trinajstić information content (AvgIpc) is 2.41. The Kier molecular flexibility index (Phi) is 6.25. The van der Waals surface area contributed by atoms with Crippen LogP contribution >= 0.6 is 0 Å². The summed E-state index contributed by atoms with van der Waals surface area (Å²) < 4.78 is 0. The number of hydrogen-bond acceptors (Lipinski definition) is 2. The van der Waals surface area contributed by atoms with E-state index in [9.17, 15) is 0 Å². The molecule has 0 saturated heterocycles. The van der Waals surface area contributed by atoms with Gasteiger partial charge in [-0.3, -0.25) is 4.98 Å². The number of rotatable bonds is 5. The number of hydrogen-bond donors (Lipinski definition) is 1. The Morgan fingerprint density at radius 3 is 2.90 bits per heavy atom. The fourth-order valence-electron chi connectivity index (χ4n) is 2.91. The van der Waals surface area contributed by atoms with E-state index in [1.807, 2.05) is 6.20 Å². The molecule has 0 aliphatic heterocycles. The van der Waals surface area contributed by atoms with Crippen LogP contribution < -0.4 is 5.32 Å². The van der Waals surface area contributed by atoms with Gasteiger partial charge in [0.05, 0.1) is 11.7 Å². The highest BCUT2D eigenvalue weighted by atomic mass is 14.9. The fraction of sp³-hybridized carbons (Fsp3) is 0.611. The van der Waals surface area contributed by atoms with Crippen LogP contribution in [0.2, 0.25) is 0 Å². The SMILES string of the molecule is CCCNC(/C1=C/CCCCCC1)c1cc(C)ccn1. The van der Waals surface area contributed by atoms with Crippen LogP contribution in [0.3, 0.4) is 0 Å². The van der Waals surface area contributed by atoms with Gasteiger partial charge in [0.1, 0.15) is 0 Å². The fourth-order valence-corrected chi connectivity index (χ4v) is 2.91. The molecular weight excluding hydrogens is 244 g/mol. The molecule has 1 aromatic heterocycles. The van der Waals surface area contributed by atoms with Gasteiger partial charge in [0.15, 0.2) is 0 Å². The van der Waals surface area contributed by atoms with Gasteiger partial charge in [-0.25, -0.2) is 0 Å². The van der Waals surface area contributed by atoms with E-state index in [4.69, 9.17) is 0 Å². The summed E-state index contributed by atoms with van der Waals surface area (Å²) in [4.78, 5) is 4.62. The summed E-state index contributed by atoms with van der Waals surface area (Å²) in [5.74, 6) is 0. The zero-order valence-electron chi connectivity index (χ0n) is 13.0. The predicted octanol–water partition coefficient (Wildman–Crippen LogP) is 4.71. The van der Waals surface area contributed by atoms with Crippen LogP contribution in [-0.2, 0) is 0 Å². The molecule has 0 radical (unpaired) electrons. The Balaban J connectivity index is 2.21. The standard InChI is InChI=1S/C18H28N2/c1-3-12-20-18(17-14-15(2)11-13-19-17)16-9-7-5-4-6-8-10-16/h9,11,13-14,18,20H,3-8,10,12H2,1-2H3/b16-9+. The molecule has 2 nitrogen and oxygen atoms in total. The molecular formula is C18H28N2. The first-order chi connectivity index (χ1) is 9.81. The highest BCUT2D eigenvalue weighted by Gasteiger charge is 2.17. The maximum Gasteiger partial charge on any atom is 0.0710 e. The van der Waals surface area contributed by atoms with Crippen LogP contribution in [0, 0.1) is 6.92 Å².